The van der Waals surface area contributed by atoms with Crippen LogP contribution in [-0.4, -0.2) is 117 Å². The van der Waals surface area contributed by atoms with E-state index in [2.05, 4.69) is 21.1 Å². The lowest BCUT2D eigenvalue weighted by Crippen LogP contribution is -2.39. The standard InChI is InChI=1S/C34H28N6O20S6/c35-31-27(65(55,56)57)13-25(63(49,50)51)19-7-9-21(33(41)29(19)31)39-37-17-5-3-15(23(11-17)61(43,44)45)1-2-16-4-6-18(12-24(16)62(46,47)48)38-40-22-10-8-20-26(64(52,53)54)14-28(66(58,59)60)32(36)30(20)34(22)42/h1-14,25,33,35,37-38,41H,36H2,(H,43,44,45)(H,46,47,48)(H,49,50,51)(H,52,53,54)(H,55,56,57)(H,58,59,60)/b2-1+,35-31?,39-21+,40-22+. The van der Waals surface area contributed by atoms with Gasteiger partial charge in [0, 0.05) is 11.1 Å². The number of ketones is 1. The van der Waals surface area contributed by atoms with Crippen molar-refractivity contribution in [2.75, 3.05) is 16.6 Å². The van der Waals surface area contributed by atoms with E-state index in [1.165, 1.54) is 0 Å². The van der Waals surface area contributed by atoms with E-state index in [4.69, 9.17) is 11.1 Å². The van der Waals surface area contributed by atoms with Gasteiger partial charge in [0.15, 0.2) is 0 Å². The molecule has 2 unspecified atom stereocenters. The minimum atomic E-state index is -5.25. The number of benzene rings is 3. The van der Waals surface area contributed by atoms with Crippen molar-refractivity contribution in [2.45, 2.75) is 30.9 Å². The van der Waals surface area contributed by atoms with Gasteiger partial charge >= 0.3 is 0 Å². The number of hydrazone groups is 2. The molecule has 0 saturated carbocycles. The lowest BCUT2D eigenvalue weighted by molar-refractivity contribution is 0.106. The number of nitrogen functional groups attached to an aromatic ring is 1. The van der Waals surface area contributed by atoms with Crippen LogP contribution in [0.25, 0.3) is 18.2 Å². The number of nitrogens with zero attached hydrogens (tertiary/aromatic N) is 2. The Balaban J connectivity index is 1.28. The lowest BCUT2D eigenvalue weighted by Gasteiger charge is -2.29. The van der Waals surface area contributed by atoms with Crippen LogP contribution in [0.5, 0.6) is 0 Å². The third kappa shape index (κ3) is 9.99. The van der Waals surface area contributed by atoms with Crippen LogP contribution in [0.1, 0.15) is 27.0 Å². The summed E-state index contributed by atoms with van der Waals surface area (Å²) in [7, 11) is -31.0. The van der Waals surface area contributed by atoms with Crippen molar-refractivity contribution < 1.29 is 87.7 Å². The zero-order valence-electron chi connectivity index (χ0n) is 32.1. The predicted molar refractivity (Wildman–Crippen MR) is 232 cm³/mol. The molecule has 32 heteroatoms. The molecule has 0 saturated heterocycles. The molecule has 0 aromatic heterocycles. The zero-order valence-corrected chi connectivity index (χ0v) is 37.0. The Kier molecular flexibility index (Phi) is 12.7. The van der Waals surface area contributed by atoms with Crippen molar-refractivity contribution in [2.24, 2.45) is 10.2 Å². The highest BCUT2D eigenvalue weighted by Gasteiger charge is 2.42. The number of aliphatic hydroxyl groups excluding tert-OH is 1. The van der Waals surface area contributed by atoms with Crippen molar-refractivity contribution in [1.29, 1.82) is 5.41 Å². The Morgan fingerprint density at radius 2 is 1.12 bits per heavy atom. The fourth-order valence-corrected chi connectivity index (χ4v) is 11.0. The van der Waals surface area contributed by atoms with Gasteiger partial charge in [-0.15, -0.1) is 0 Å². The molecule has 2 atom stereocenters. The number of aliphatic hydroxyl groups is 1. The summed E-state index contributed by atoms with van der Waals surface area (Å²) < 4.78 is 204. The smallest absolute Gasteiger partial charge is 0.296 e. The van der Waals surface area contributed by atoms with Crippen LogP contribution in [-0.2, 0) is 60.7 Å². The molecule has 0 amide bonds. The molecule has 6 rings (SSSR count). The summed E-state index contributed by atoms with van der Waals surface area (Å²) in [4.78, 5) is 8.11. The maximum atomic E-state index is 13.3. The second-order valence-corrected chi connectivity index (χ2v) is 22.1. The van der Waals surface area contributed by atoms with E-state index in [-0.39, 0.29) is 22.5 Å². The van der Waals surface area contributed by atoms with E-state index < -0.39 is 147 Å². The summed E-state index contributed by atoms with van der Waals surface area (Å²) >= 11 is 0. The van der Waals surface area contributed by atoms with Crippen molar-refractivity contribution >= 4 is 119 Å². The average molecular weight is 1030 g/mol. The maximum absolute atomic E-state index is 13.3. The number of hydrogen-bond donors (Lipinski definition) is 11. The van der Waals surface area contributed by atoms with Gasteiger partial charge in [-0.2, -0.15) is 60.7 Å². The summed E-state index contributed by atoms with van der Waals surface area (Å²) in [5.74, 6) is -1.22. The van der Waals surface area contributed by atoms with Crippen molar-refractivity contribution in [3.63, 3.8) is 0 Å². The molecule has 3 aromatic rings. The molecule has 3 aliphatic rings. The molecule has 0 aliphatic heterocycles. The van der Waals surface area contributed by atoms with Gasteiger partial charge in [0.25, 0.3) is 60.7 Å². The summed E-state index contributed by atoms with van der Waals surface area (Å²) in [5.41, 5.74) is 3.97. The maximum Gasteiger partial charge on any atom is 0.296 e. The molecule has 0 bridgehead atoms. The first-order valence-corrected chi connectivity index (χ1v) is 26.0. The minimum Gasteiger partial charge on any atom is -0.397 e. The molecule has 350 valence electrons. The average Bonchev–Trinajstić information content (AvgIpc) is 3.17. The van der Waals surface area contributed by atoms with Crippen LogP contribution < -0.4 is 16.6 Å². The molecule has 66 heavy (non-hydrogen) atoms. The van der Waals surface area contributed by atoms with E-state index in [1.54, 1.807) is 0 Å². The van der Waals surface area contributed by atoms with Crippen LogP contribution >= 0.6 is 0 Å². The molecule has 0 radical (unpaired) electrons. The van der Waals surface area contributed by atoms with Crippen LogP contribution in [0.15, 0.2) is 113 Å². The van der Waals surface area contributed by atoms with Crippen LogP contribution in [0.2, 0.25) is 0 Å². The molecule has 0 fully saturated rings. The van der Waals surface area contributed by atoms with Gasteiger partial charge in [0.1, 0.15) is 41.6 Å². The van der Waals surface area contributed by atoms with Gasteiger partial charge < -0.3 is 10.8 Å². The van der Waals surface area contributed by atoms with Gasteiger partial charge in [-0.05, 0) is 65.3 Å². The molecule has 12 N–H and O–H groups in total. The normalized spacial score (nSPS) is 19.6. The number of anilines is 3. The molecule has 3 aromatic carbocycles. The third-order valence-corrected chi connectivity index (χ3v) is 15.0. The van der Waals surface area contributed by atoms with E-state index in [9.17, 15) is 87.7 Å². The number of nitrogens with two attached hydrogens (primary N) is 1. The number of hydrogen-bond acceptors (Lipinski definition) is 20. The second kappa shape index (κ2) is 16.9. The van der Waals surface area contributed by atoms with Crippen LogP contribution in [0, 0.1) is 5.41 Å². The van der Waals surface area contributed by atoms with Gasteiger partial charge in [0.05, 0.1) is 34.0 Å². The van der Waals surface area contributed by atoms with E-state index in [0.29, 0.717) is 12.1 Å². The van der Waals surface area contributed by atoms with Crippen LogP contribution in [0.3, 0.4) is 0 Å². The number of Topliss-reactive ketones (excluding diaryl/α,β-unsaturated/α-hetero) is 1. The Hall–Kier alpha value is -6.14. The van der Waals surface area contributed by atoms with Crippen molar-refractivity contribution in [3.05, 3.63) is 105 Å². The van der Waals surface area contributed by atoms with E-state index in [1.807, 2.05) is 0 Å². The third-order valence-electron chi connectivity index (χ3n) is 9.42. The monoisotopic (exact) mass is 1030 g/mol. The molecular formula is C34H28N6O20S6. The molecule has 0 spiro atoms. The molecule has 26 nitrogen and oxygen atoms in total. The molecular weight excluding hydrogens is 1000 g/mol. The first-order chi connectivity index (χ1) is 30.2. The van der Waals surface area contributed by atoms with Gasteiger partial charge in [-0.1, -0.05) is 36.4 Å². The lowest BCUT2D eigenvalue weighted by atomic mass is 9.85. The summed E-state index contributed by atoms with van der Waals surface area (Å²) in [6.45, 7) is 0. The van der Waals surface area contributed by atoms with E-state index >= 15 is 0 Å². The number of allylic oxidation sites excluding steroid dienone is 3. The number of fused-ring (bicyclic) bond motifs is 1. The summed E-state index contributed by atoms with van der Waals surface area (Å²) in [6, 6.07) is 6.39. The van der Waals surface area contributed by atoms with Crippen molar-refractivity contribution in [3.8, 4) is 0 Å². The largest absolute Gasteiger partial charge is 0.397 e. The Bertz CT molecular complexity index is 3650. The molecule has 3 aliphatic carbocycles. The first kappa shape index (κ1) is 49.3. The number of nitrogens with one attached hydrogen (secondary N) is 3. The number of carbonyl (C=O) groups excluding carboxylic acids is 1. The first-order valence-electron chi connectivity index (χ1n) is 17.3. The zero-order chi connectivity index (χ0) is 49.3. The number of carbonyl (C=O) groups is 1. The predicted octanol–water partition coefficient (Wildman–Crippen LogP) is 1.16. The Labute approximate surface area is 373 Å². The second-order valence-electron chi connectivity index (χ2n) is 13.7. The van der Waals surface area contributed by atoms with Gasteiger partial charge in [0.2, 0.25) is 5.78 Å². The molecule has 0 heterocycles. The van der Waals surface area contributed by atoms with Gasteiger partial charge in [-0.25, -0.2) is 0 Å². The van der Waals surface area contributed by atoms with Gasteiger partial charge in [-0.3, -0.25) is 48.4 Å². The topological polar surface area (TPSA) is 462 Å². The highest BCUT2D eigenvalue weighted by molar-refractivity contribution is 7.91. The SMILES string of the molecule is N=C1C(S(=O)(=O)O)=CC(S(=O)(=O)O)C2=C1C(O)/C(=N/Nc1ccc(/C=C/c3ccc(N/N=C4\C=Cc5c(S(=O)(=O)O)cc(S(=O)(=O)O)c(N)c5C4=O)cc3S(=O)(=O)O)c(S(=O)(=O)O)c1)C=C2. The summed E-state index contributed by atoms with van der Waals surface area (Å²) in [5, 5.41) is 24.8. The summed E-state index contributed by atoms with van der Waals surface area (Å²) in [6.07, 6.45) is 4.14. The highest BCUT2D eigenvalue weighted by atomic mass is 32.2. The number of rotatable bonds is 12. The Morgan fingerprint density at radius 1 is 0.621 bits per heavy atom. The van der Waals surface area contributed by atoms with Crippen LogP contribution in [0.4, 0.5) is 17.1 Å². The Morgan fingerprint density at radius 3 is 1.59 bits per heavy atom. The fraction of sp³-hybridized carbons (Fsp3) is 0.0588. The minimum absolute atomic E-state index is 0.216. The quantitative estimate of drug-likeness (QED) is 0.0525. The van der Waals surface area contributed by atoms with E-state index in [0.717, 1.165) is 72.9 Å². The van der Waals surface area contributed by atoms with Crippen molar-refractivity contribution in [1.82, 2.24) is 0 Å². The fourth-order valence-electron chi connectivity index (χ4n) is 6.51. The highest BCUT2D eigenvalue weighted by Crippen LogP contribution is 2.37.